The summed E-state index contributed by atoms with van der Waals surface area (Å²) in [5, 5.41) is 0.356. The van der Waals surface area contributed by atoms with Crippen molar-refractivity contribution in [3.8, 4) is 0 Å². The first-order valence-corrected chi connectivity index (χ1v) is 3.06. The van der Waals surface area contributed by atoms with Crippen LogP contribution in [-0.4, -0.2) is 58.2 Å². The van der Waals surface area contributed by atoms with E-state index < -0.39 is 0 Å². The van der Waals surface area contributed by atoms with E-state index >= 15 is 0 Å². The molecular weight excluding hydrogens is 286 g/mol. The Balaban J connectivity index is 0.000000490. The van der Waals surface area contributed by atoms with E-state index in [1.165, 1.54) is 0 Å². The van der Waals surface area contributed by atoms with Gasteiger partial charge in [-0.15, -0.1) is 0 Å². The normalized spacial score (nSPS) is 8.00. The Morgan fingerprint density at radius 3 is 2.12 bits per heavy atom. The van der Waals surface area contributed by atoms with E-state index in [-0.39, 0.29) is 48.9 Å². The summed E-state index contributed by atoms with van der Waals surface area (Å²) in [6.07, 6.45) is 0. The van der Waals surface area contributed by atoms with E-state index in [9.17, 15) is 0 Å². The molecule has 0 atom stereocenters. The minimum absolute atomic E-state index is 0. The standard InChI is InChI=1S/C2H2N2S3.Ba/c5-1-3-2(6)7-4-1;/h(H2,3,4,5,6);/q;+2/p-2. The molecule has 0 bridgehead atoms. The first-order valence-electron chi connectivity index (χ1n) is 1.47. The van der Waals surface area contributed by atoms with E-state index in [0.717, 1.165) is 11.5 Å². The average molecular weight is 286 g/mol. The van der Waals surface area contributed by atoms with Gasteiger partial charge in [0, 0.05) is 0 Å². The molecule has 0 fully saturated rings. The van der Waals surface area contributed by atoms with Crippen LogP contribution in [0.5, 0.6) is 0 Å². The summed E-state index contributed by atoms with van der Waals surface area (Å²) in [6, 6.07) is 0. The Morgan fingerprint density at radius 2 is 2.00 bits per heavy atom. The molecule has 0 aliphatic heterocycles. The molecule has 6 heteroatoms. The van der Waals surface area contributed by atoms with E-state index in [0.29, 0.717) is 9.50 Å². The largest absolute Gasteiger partial charge is 2.00 e. The molecule has 38 valence electrons. The maximum Gasteiger partial charge on any atom is 2.00 e. The Kier molecular flexibility index (Phi) is 5.26. The van der Waals surface area contributed by atoms with E-state index in [4.69, 9.17) is 0 Å². The second kappa shape index (κ2) is 4.40. The average Bonchev–Trinajstić information content (AvgIpc) is 1.87. The topological polar surface area (TPSA) is 25.8 Å². The summed E-state index contributed by atoms with van der Waals surface area (Å²) in [7, 11) is 0. The van der Waals surface area contributed by atoms with Crippen LogP contribution in [0.15, 0.2) is 9.50 Å². The maximum atomic E-state index is 4.61. The molecule has 8 heavy (non-hydrogen) atoms. The van der Waals surface area contributed by atoms with Crippen LogP contribution in [0, 0.1) is 0 Å². The first-order chi connectivity index (χ1) is 3.29. The molecule has 0 aromatic carbocycles. The molecule has 0 spiro atoms. The Bertz CT molecular complexity index is 148. The predicted octanol–water partition coefficient (Wildman–Crippen LogP) is -0.0311. The van der Waals surface area contributed by atoms with Crippen LogP contribution in [0.4, 0.5) is 0 Å². The number of hydrogen-bond donors (Lipinski definition) is 0. The molecule has 0 radical (unpaired) electrons. The second-order valence-corrected chi connectivity index (χ2v) is 2.60. The summed E-state index contributed by atoms with van der Waals surface area (Å²) in [4.78, 5) is 3.65. The van der Waals surface area contributed by atoms with Crippen LogP contribution in [0.2, 0.25) is 0 Å². The molecule has 0 N–H and O–H groups in total. The monoisotopic (exact) mass is 286 g/mol. The van der Waals surface area contributed by atoms with Gasteiger partial charge >= 0.3 is 48.9 Å². The van der Waals surface area contributed by atoms with Crippen molar-refractivity contribution in [2.24, 2.45) is 0 Å². The molecule has 1 aromatic heterocycles. The zero-order valence-corrected chi connectivity index (χ0v) is 10.7. The van der Waals surface area contributed by atoms with Crippen LogP contribution >= 0.6 is 11.5 Å². The molecule has 0 saturated heterocycles. The number of aromatic nitrogens is 2. The van der Waals surface area contributed by atoms with E-state index in [1.807, 2.05) is 0 Å². The Hall–Kier alpha value is 1.57. The second-order valence-electron chi connectivity index (χ2n) is 0.843. The van der Waals surface area contributed by atoms with Crippen LogP contribution in [-0.2, 0) is 25.3 Å². The van der Waals surface area contributed by atoms with Crippen LogP contribution in [0.25, 0.3) is 0 Å². The smallest absolute Gasteiger partial charge is 0.741 e. The molecule has 1 rings (SSSR count). The summed E-state index contributed by atoms with van der Waals surface area (Å²) in [5.74, 6) is 0. The molecular formula is C2BaN2S3. The van der Waals surface area contributed by atoms with Gasteiger partial charge in [-0.3, -0.25) is 16.5 Å². The van der Waals surface area contributed by atoms with Crippen molar-refractivity contribution in [2.75, 3.05) is 0 Å². The maximum absolute atomic E-state index is 4.61. The Morgan fingerprint density at radius 1 is 1.38 bits per heavy atom. The van der Waals surface area contributed by atoms with Crippen molar-refractivity contribution >= 4 is 85.7 Å². The minimum atomic E-state index is 0. The molecule has 1 heterocycles. The third kappa shape index (κ3) is 2.93. The van der Waals surface area contributed by atoms with Gasteiger partial charge in [-0.05, 0) is 9.50 Å². The van der Waals surface area contributed by atoms with Gasteiger partial charge in [-0.1, -0.05) is 0 Å². The fourth-order valence-electron chi connectivity index (χ4n) is 0.197. The van der Waals surface area contributed by atoms with Gasteiger partial charge in [0.25, 0.3) is 0 Å². The molecule has 0 aliphatic carbocycles. The van der Waals surface area contributed by atoms with E-state index in [1.54, 1.807) is 0 Å². The number of nitrogens with zero attached hydrogens (tertiary/aromatic N) is 2. The van der Waals surface area contributed by atoms with Crippen molar-refractivity contribution in [3.63, 3.8) is 0 Å². The van der Waals surface area contributed by atoms with Gasteiger partial charge in [-0.25, -0.2) is 0 Å². The molecule has 0 amide bonds. The van der Waals surface area contributed by atoms with Gasteiger partial charge < -0.3 is 29.6 Å². The summed E-state index contributed by atoms with van der Waals surface area (Å²) in [6.45, 7) is 0. The molecule has 0 saturated carbocycles. The molecule has 1 aromatic rings. The third-order valence-corrected chi connectivity index (χ3v) is 1.51. The van der Waals surface area contributed by atoms with Crippen LogP contribution in [0.3, 0.4) is 0 Å². The fraction of sp³-hybridized carbons (Fsp3) is 0. The predicted molar refractivity (Wildman–Crippen MR) is 36.9 cm³/mol. The summed E-state index contributed by atoms with van der Waals surface area (Å²) < 4.78 is 4.18. The fourth-order valence-corrected chi connectivity index (χ4v) is 1.04. The quantitative estimate of drug-likeness (QED) is 0.494. The molecule has 0 aliphatic rings. The van der Waals surface area contributed by atoms with Gasteiger partial charge in [0.05, 0.1) is 0 Å². The summed E-state index contributed by atoms with van der Waals surface area (Å²) in [5.41, 5.74) is 0. The van der Waals surface area contributed by atoms with Gasteiger partial charge in [0.1, 0.15) is 0 Å². The molecule has 2 nitrogen and oxygen atoms in total. The van der Waals surface area contributed by atoms with Gasteiger partial charge in [-0.2, -0.15) is 0 Å². The zero-order chi connectivity index (χ0) is 5.28. The SMILES string of the molecule is [Ba+2].[S-]c1nsc([S-])n1. The van der Waals surface area contributed by atoms with Crippen molar-refractivity contribution < 1.29 is 0 Å². The summed E-state index contributed by atoms with van der Waals surface area (Å²) >= 11 is 10.3. The van der Waals surface area contributed by atoms with Gasteiger partial charge in [0.15, 0.2) is 0 Å². The van der Waals surface area contributed by atoms with E-state index in [2.05, 4.69) is 34.6 Å². The Labute approximate surface area is 103 Å². The number of rotatable bonds is 0. The molecule has 0 unspecified atom stereocenters. The van der Waals surface area contributed by atoms with Crippen LogP contribution in [0.1, 0.15) is 0 Å². The number of hydrogen-bond acceptors (Lipinski definition) is 5. The minimum Gasteiger partial charge on any atom is -0.741 e. The van der Waals surface area contributed by atoms with Gasteiger partial charge in [0.2, 0.25) is 0 Å². The first kappa shape index (κ1) is 9.57. The van der Waals surface area contributed by atoms with Crippen molar-refractivity contribution in [1.82, 2.24) is 9.36 Å². The van der Waals surface area contributed by atoms with Crippen molar-refractivity contribution in [1.29, 1.82) is 0 Å². The zero-order valence-electron chi connectivity index (χ0n) is 3.83. The van der Waals surface area contributed by atoms with Crippen molar-refractivity contribution in [2.45, 2.75) is 9.50 Å². The van der Waals surface area contributed by atoms with Crippen LogP contribution < -0.4 is 0 Å². The third-order valence-electron chi connectivity index (χ3n) is 0.389. The van der Waals surface area contributed by atoms with Crippen molar-refractivity contribution in [3.05, 3.63) is 0 Å².